The third-order valence-corrected chi connectivity index (χ3v) is 6.45. The highest BCUT2D eigenvalue weighted by Gasteiger charge is 2.42. The second-order valence-electron chi connectivity index (χ2n) is 7.29. The number of benzene rings is 2. The third-order valence-electron chi connectivity index (χ3n) is 4.52. The maximum atomic E-state index is 13.5. The van der Waals surface area contributed by atoms with Crippen LogP contribution in [0.15, 0.2) is 59.5 Å². The van der Waals surface area contributed by atoms with Gasteiger partial charge < -0.3 is 15.6 Å². The van der Waals surface area contributed by atoms with Gasteiger partial charge in [0.1, 0.15) is 11.5 Å². The van der Waals surface area contributed by atoms with Crippen molar-refractivity contribution in [2.75, 3.05) is 20.2 Å². The zero-order chi connectivity index (χ0) is 20.8. The van der Waals surface area contributed by atoms with Crippen LogP contribution in [0.25, 0.3) is 0 Å². The number of nitrogens with zero attached hydrogens (tertiary/aromatic N) is 1. The normalized spacial score (nSPS) is 14.2. The van der Waals surface area contributed by atoms with Crippen LogP contribution in [0.2, 0.25) is 0 Å². The van der Waals surface area contributed by atoms with Gasteiger partial charge in [0.15, 0.2) is 0 Å². The van der Waals surface area contributed by atoms with E-state index in [2.05, 4.69) is 0 Å². The lowest BCUT2D eigenvalue weighted by atomic mass is 9.98. The lowest BCUT2D eigenvalue weighted by Crippen LogP contribution is -2.55. The largest absolute Gasteiger partial charge is 0.497 e. The fraction of sp³-hybridized carbons (Fsp3) is 0.429. The van der Waals surface area contributed by atoms with Crippen LogP contribution in [-0.4, -0.2) is 43.8 Å². The molecule has 0 spiro atoms. The lowest BCUT2D eigenvalue weighted by Gasteiger charge is -2.40. The molecule has 0 fully saturated rings. The van der Waals surface area contributed by atoms with E-state index < -0.39 is 15.7 Å². The highest BCUT2D eigenvalue weighted by molar-refractivity contribution is 7.89. The van der Waals surface area contributed by atoms with Crippen molar-refractivity contribution in [1.29, 1.82) is 0 Å². The van der Waals surface area contributed by atoms with Crippen molar-refractivity contribution in [3.05, 3.63) is 60.2 Å². The summed E-state index contributed by atoms with van der Waals surface area (Å²) >= 11 is 0. The standard InChI is InChI=1S/C21H30N2O4S/c1-17(2)16-23(28(25,26)20-11-9-19(27-3)10-12-20)21(24,13-14-22)15-18-7-5-4-6-8-18/h4-12,17,24H,13-16,22H2,1-3H3/t21-/m1/s1. The topological polar surface area (TPSA) is 92.9 Å². The zero-order valence-corrected chi connectivity index (χ0v) is 17.5. The summed E-state index contributed by atoms with van der Waals surface area (Å²) in [5.41, 5.74) is 4.98. The van der Waals surface area contributed by atoms with Crippen molar-refractivity contribution >= 4 is 10.0 Å². The average Bonchev–Trinajstić information content (AvgIpc) is 2.67. The Morgan fingerprint density at radius 3 is 2.21 bits per heavy atom. The van der Waals surface area contributed by atoms with Crippen LogP contribution in [0, 0.1) is 5.92 Å². The molecule has 0 radical (unpaired) electrons. The Labute approximate surface area is 168 Å². The molecule has 2 aromatic rings. The maximum absolute atomic E-state index is 13.5. The molecule has 1 atom stereocenters. The molecule has 2 aromatic carbocycles. The predicted octanol–water partition coefficient (Wildman–Crippen LogP) is 2.62. The number of sulfonamides is 1. The molecule has 0 amide bonds. The van der Waals surface area contributed by atoms with Gasteiger partial charge in [0.05, 0.1) is 12.0 Å². The SMILES string of the molecule is COc1ccc(S(=O)(=O)N(CC(C)C)[C@@](O)(CCN)Cc2ccccc2)cc1. The summed E-state index contributed by atoms with van der Waals surface area (Å²) in [6.07, 6.45) is 0.289. The number of hydrogen-bond donors (Lipinski definition) is 2. The fourth-order valence-corrected chi connectivity index (χ4v) is 4.99. The van der Waals surface area contributed by atoms with Gasteiger partial charge in [-0.2, -0.15) is 4.31 Å². The predicted molar refractivity (Wildman–Crippen MR) is 110 cm³/mol. The van der Waals surface area contributed by atoms with Crippen molar-refractivity contribution in [2.24, 2.45) is 11.7 Å². The number of nitrogens with two attached hydrogens (primary N) is 1. The summed E-state index contributed by atoms with van der Waals surface area (Å²) in [5.74, 6) is 0.587. The smallest absolute Gasteiger partial charge is 0.245 e. The number of hydrogen-bond acceptors (Lipinski definition) is 5. The van der Waals surface area contributed by atoms with E-state index >= 15 is 0 Å². The molecule has 0 heterocycles. The molecule has 0 aliphatic heterocycles. The summed E-state index contributed by atoms with van der Waals surface area (Å²) in [6, 6.07) is 15.5. The molecule has 3 N–H and O–H groups in total. The molecule has 7 heteroatoms. The molecule has 0 aromatic heterocycles. The van der Waals surface area contributed by atoms with E-state index in [1.54, 1.807) is 12.1 Å². The Balaban J connectivity index is 2.50. The molecule has 0 unspecified atom stereocenters. The van der Waals surface area contributed by atoms with Crippen molar-refractivity contribution in [3.63, 3.8) is 0 Å². The summed E-state index contributed by atoms with van der Waals surface area (Å²) in [6.45, 7) is 4.18. The second-order valence-corrected chi connectivity index (χ2v) is 9.15. The molecule has 0 bridgehead atoms. The molecule has 2 rings (SSSR count). The number of aliphatic hydroxyl groups is 1. The van der Waals surface area contributed by atoms with Gasteiger partial charge in [-0.05, 0) is 42.3 Å². The fourth-order valence-electron chi connectivity index (χ4n) is 3.15. The second kappa shape index (κ2) is 9.52. The van der Waals surface area contributed by atoms with E-state index in [-0.39, 0.29) is 36.7 Å². The summed E-state index contributed by atoms with van der Waals surface area (Å²) < 4.78 is 33.2. The van der Waals surface area contributed by atoms with Crippen molar-refractivity contribution in [1.82, 2.24) is 4.31 Å². The van der Waals surface area contributed by atoms with Gasteiger partial charge in [0, 0.05) is 19.4 Å². The summed E-state index contributed by atoms with van der Waals surface area (Å²) in [5, 5.41) is 11.5. The van der Waals surface area contributed by atoms with E-state index in [1.807, 2.05) is 44.2 Å². The monoisotopic (exact) mass is 406 g/mol. The summed E-state index contributed by atoms with van der Waals surface area (Å²) in [4.78, 5) is 0.109. The zero-order valence-electron chi connectivity index (χ0n) is 16.7. The maximum Gasteiger partial charge on any atom is 0.245 e. The average molecular weight is 407 g/mol. The Kier molecular flexibility index (Phi) is 7.60. The van der Waals surface area contributed by atoms with Crippen LogP contribution < -0.4 is 10.5 Å². The van der Waals surface area contributed by atoms with Crippen molar-refractivity contribution < 1.29 is 18.3 Å². The Morgan fingerprint density at radius 2 is 1.71 bits per heavy atom. The van der Waals surface area contributed by atoms with E-state index in [0.717, 1.165) is 5.56 Å². The van der Waals surface area contributed by atoms with Gasteiger partial charge in [0.2, 0.25) is 10.0 Å². The minimum Gasteiger partial charge on any atom is -0.497 e. The van der Waals surface area contributed by atoms with Crippen LogP contribution in [0.4, 0.5) is 0 Å². The van der Waals surface area contributed by atoms with Gasteiger partial charge in [-0.15, -0.1) is 0 Å². The van der Waals surface area contributed by atoms with Crippen LogP contribution in [-0.2, 0) is 16.4 Å². The number of methoxy groups -OCH3 is 1. The molecule has 28 heavy (non-hydrogen) atoms. The molecule has 0 saturated carbocycles. The molecule has 0 aliphatic carbocycles. The van der Waals surface area contributed by atoms with Gasteiger partial charge >= 0.3 is 0 Å². The quantitative estimate of drug-likeness (QED) is 0.592. The first kappa shape index (κ1) is 22.4. The van der Waals surface area contributed by atoms with E-state index in [1.165, 1.54) is 23.5 Å². The Hall–Kier alpha value is -1.93. The molecule has 0 saturated heterocycles. The summed E-state index contributed by atoms with van der Waals surface area (Å²) in [7, 11) is -2.43. The minimum absolute atomic E-state index is 0.0214. The first-order chi connectivity index (χ1) is 13.2. The van der Waals surface area contributed by atoms with E-state index in [0.29, 0.717) is 5.75 Å². The van der Waals surface area contributed by atoms with Gasteiger partial charge in [-0.3, -0.25) is 0 Å². The molecular formula is C21H30N2O4S. The highest BCUT2D eigenvalue weighted by atomic mass is 32.2. The number of rotatable bonds is 10. The Morgan fingerprint density at radius 1 is 1.11 bits per heavy atom. The van der Waals surface area contributed by atoms with Crippen molar-refractivity contribution in [3.8, 4) is 5.75 Å². The highest BCUT2D eigenvalue weighted by Crippen LogP contribution is 2.30. The van der Waals surface area contributed by atoms with Gasteiger partial charge in [-0.1, -0.05) is 44.2 Å². The van der Waals surface area contributed by atoms with E-state index in [4.69, 9.17) is 10.5 Å². The molecule has 0 aliphatic rings. The molecule has 154 valence electrons. The lowest BCUT2D eigenvalue weighted by molar-refractivity contribution is -0.0691. The first-order valence-electron chi connectivity index (χ1n) is 9.36. The molecule has 6 nitrogen and oxygen atoms in total. The Bertz CT molecular complexity index is 838. The van der Waals surface area contributed by atoms with Gasteiger partial charge in [0.25, 0.3) is 0 Å². The van der Waals surface area contributed by atoms with Crippen molar-refractivity contribution in [2.45, 2.75) is 37.3 Å². The van der Waals surface area contributed by atoms with Crippen LogP contribution in [0.1, 0.15) is 25.8 Å². The molecular weight excluding hydrogens is 376 g/mol. The van der Waals surface area contributed by atoms with Crippen LogP contribution >= 0.6 is 0 Å². The van der Waals surface area contributed by atoms with Crippen LogP contribution in [0.3, 0.4) is 0 Å². The third kappa shape index (κ3) is 5.32. The van der Waals surface area contributed by atoms with Crippen LogP contribution in [0.5, 0.6) is 5.75 Å². The van der Waals surface area contributed by atoms with E-state index in [9.17, 15) is 13.5 Å². The first-order valence-corrected chi connectivity index (χ1v) is 10.8. The number of ether oxygens (including phenoxy) is 1. The minimum atomic E-state index is -3.95. The van der Waals surface area contributed by atoms with Gasteiger partial charge in [-0.25, -0.2) is 8.42 Å².